The zero-order valence-corrected chi connectivity index (χ0v) is 15.1. The average molecular weight is 346 g/mol. The lowest BCUT2D eigenvalue weighted by Gasteiger charge is -2.09. The van der Waals surface area contributed by atoms with Gasteiger partial charge in [-0.25, -0.2) is 4.98 Å². The normalized spacial score (nSPS) is 10.6. The Morgan fingerprint density at radius 3 is 2.58 bits per heavy atom. The molecule has 0 atom stereocenters. The number of Topliss-reactive ketones (excluding diaryl/α,β-unsaturated/α-hetero) is 1. The topological polar surface area (TPSA) is 61.2 Å². The van der Waals surface area contributed by atoms with Crippen LogP contribution in [-0.2, 0) is 14.3 Å². The smallest absolute Gasteiger partial charge is 0.316 e. The third-order valence-electron chi connectivity index (χ3n) is 3.35. The van der Waals surface area contributed by atoms with Gasteiger partial charge in [0.1, 0.15) is 5.78 Å². The molecule has 1 aromatic heterocycles. The summed E-state index contributed by atoms with van der Waals surface area (Å²) in [6.45, 7) is 5.92. The lowest BCUT2D eigenvalue weighted by Crippen LogP contribution is -2.10. The Bertz CT molecular complexity index is 705. The van der Waals surface area contributed by atoms with E-state index in [-0.39, 0.29) is 24.1 Å². The quantitative estimate of drug-likeness (QED) is 0.416. The molecule has 6 heteroatoms. The molecule has 0 bridgehead atoms. The molecule has 0 spiro atoms. The van der Waals surface area contributed by atoms with Crippen LogP contribution in [0.5, 0.6) is 0 Å². The summed E-state index contributed by atoms with van der Waals surface area (Å²) in [5.74, 6) is 0.0106. The molecule has 2 rings (SSSR count). The number of rotatable bonds is 8. The molecule has 2 aromatic rings. The van der Waals surface area contributed by atoms with Gasteiger partial charge < -0.3 is 9.53 Å². The molecule has 128 valence electrons. The van der Waals surface area contributed by atoms with Crippen LogP contribution in [0.3, 0.4) is 0 Å². The summed E-state index contributed by atoms with van der Waals surface area (Å²) in [6, 6.07) is 6.28. The summed E-state index contributed by atoms with van der Waals surface area (Å²) in [5, 5.41) is 0.751. The molecule has 0 saturated carbocycles. The van der Waals surface area contributed by atoms with Gasteiger partial charge in [-0.2, -0.15) is 0 Å². The molecule has 24 heavy (non-hydrogen) atoms. The molecular formula is C18H22N2O3S. The minimum absolute atomic E-state index is 0.107. The number of thioether (sulfide) groups is 1. The average Bonchev–Trinajstić information content (AvgIpc) is 2.97. The fourth-order valence-corrected chi connectivity index (χ4v) is 3.13. The molecule has 0 amide bonds. The molecule has 0 radical (unpaired) electrons. The fourth-order valence-electron chi connectivity index (χ4n) is 2.36. The van der Waals surface area contributed by atoms with Gasteiger partial charge in [0.05, 0.1) is 12.4 Å². The zero-order chi connectivity index (χ0) is 17.5. The van der Waals surface area contributed by atoms with Crippen LogP contribution in [0.4, 0.5) is 0 Å². The Morgan fingerprint density at radius 2 is 1.92 bits per heavy atom. The van der Waals surface area contributed by atoms with Crippen LogP contribution in [0.15, 0.2) is 35.7 Å². The standard InChI is InChI=1S/C18H22N2O3S/c1-13-9-14(2)11-16(10-13)20-7-6-19-18(20)24-12-17(22)23-8-4-5-15(3)21/h6-7,9-11H,4-5,8,12H2,1-3H3. The van der Waals surface area contributed by atoms with Crippen molar-refractivity contribution in [3.8, 4) is 5.69 Å². The highest BCUT2D eigenvalue weighted by Crippen LogP contribution is 2.22. The third kappa shape index (κ3) is 5.53. The lowest BCUT2D eigenvalue weighted by molar-refractivity contribution is -0.140. The molecule has 1 heterocycles. The van der Waals surface area contributed by atoms with E-state index in [0.717, 1.165) is 10.8 Å². The number of esters is 1. The highest BCUT2D eigenvalue weighted by molar-refractivity contribution is 7.99. The van der Waals surface area contributed by atoms with Gasteiger partial charge in [0.15, 0.2) is 5.16 Å². The number of imidazole rings is 1. The maximum Gasteiger partial charge on any atom is 0.316 e. The predicted octanol–water partition coefficient (Wildman–Crippen LogP) is 3.49. The van der Waals surface area contributed by atoms with Gasteiger partial charge in [0, 0.05) is 24.5 Å². The van der Waals surface area contributed by atoms with Crippen molar-refractivity contribution in [3.63, 3.8) is 0 Å². The van der Waals surface area contributed by atoms with Gasteiger partial charge in [-0.05, 0) is 50.5 Å². The zero-order valence-electron chi connectivity index (χ0n) is 14.2. The van der Waals surface area contributed by atoms with Crippen molar-refractivity contribution in [1.82, 2.24) is 9.55 Å². The second-order valence-corrected chi connectivity index (χ2v) is 6.68. The van der Waals surface area contributed by atoms with Crippen LogP contribution in [0, 0.1) is 13.8 Å². The van der Waals surface area contributed by atoms with E-state index >= 15 is 0 Å². The van der Waals surface area contributed by atoms with Crippen LogP contribution in [0.25, 0.3) is 5.69 Å². The van der Waals surface area contributed by atoms with Crippen LogP contribution < -0.4 is 0 Å². The van der Waals surface area contributed by atoms with Crippen LogP contribution >= 0.6 is 11.8 Å². The number of ether oxygens (including phenoxy) is 1. The molecule has 5 nitrogen and oxygen atoms in total. The Kier molecular flexibility index (Phi) is 6.61. The second kappa shape index (κ2) is 8.68. The Hall–Kier alpha value is -2.08. The van der Waals surface area contributed by atoms with Crippen molar-refractivity contribution < 1.29 is 14.3 Å². The van der Waals surface area contributed by atoms with E-state index in [1.807, 2.05) is 10.8 Å². The van der Waals surface area contributed by atoms with Gasteiger partial charge in [-0.3, -0.25) is 9.36 Å². The van der Waals surface area contributed by atoms with E-state index in [4.69, 9.17) is 4.74 Å². The molecule has 0 aliphatic carbocycles. The van der Waals surface area contributed by atoms with Gasteiger partial charge in [-0.15, -0.1) is 0 Å². The Balaban J connectivity index is 1.91. The third-order valence-corrected chi connectivity index (χ3v) is 4.29. The number of nitrogens with zero attached hydrogens (tertiary/aromatic N) is 2. The summed E-state index contributed by atoms with van der Waals surface area (Å²) in [4.78, 5) is 26.9. The summed E-state index contributed by atoms with van der Waals surface area (Å²) < 4.78 is 7.09. The van der Waals surface area contributed by atoms with E-state index < -0.39 is 0 Å². The summed E-state index contributed by atoms with van der Waals surface area (Å²) in [5.41, 5.74) is 3.39. The molecule has 0 aliphatic heterocycles. The first kappa shape index (κ1) is 18.3. The van der Waals surface area contributed by atoms with E-state index in [0.29, 0.717) is 12.8 Å². The maximum atomic E-state index is 11.8. The number of hydrogen-bond donors (Lipinski definition) is 0. The fraction of sp³-hybridized carbons (Fsp3) is 0.389. The molecule has 1 aromatic carbocycles. The maximum absolute atomic E-state index is 11.8. The van der Waals surface area contributed by atoms with Gasteiger partial charge in [-0.1, -0.05) is 17.8 Å². The van der Waals surface area contributed by atoms with E-state index in [1.165, 1.54) is 29.8 Å². The number of ketones is 1. The summed E-state index contributed by atoms with van der Waals surface area (Å²) in [7, 11) is 0. The van der Waals surface area contributed by atoms with Crippen molar-refractivity contribution in [2.75, 3.05) is 12.4 Å². The minimum Gasteiger partial charge on any atom is -0.465 e. The number of carbonyl (C=O) groups is 2. The summed E-state index contributed by atoms with van der Waals surface area (Å²) in [6.07, 6.45) is 4.62. The van der Waals surface area contributed by atoms with Crippen LogP contribution in [0.2, 0.25) is 0 Å². The molecule has 0 saturated heterocycles. The highest BCUT2D eigenvalue weighted by Gasteiger charge is 2.10. The Morgan fingerprint density at radius 1 is 1.21 bits per heavy atom. The molecule has 0 N–H and O–H groups in total. The molecule has 0 fully saturated rings. The minimum atomic E-state index is -0.293. The Labute approximate surface area is 146 Å². The molecule has 0 aliphatic rings. The predicted molar refractivity (Wildman–Crippen MR) is 94.6 cm³/mol. The first-order valence-corrected chi connectivity index (χ1v) is 8.84. The SMILES string of the molecule is CC(=O)CCCOC(=O)CSc1nccn1-c1cc(C)cc(C)c1. The van der Waals surface area contributed by atoms with Gasteiger partial charge >= 0.3 is 5.97 Å². The van der Waals surface area contributed by atoms with Crippen LogP contribution in [0.1, 0.15) is 30.9 Å². The van der Waals surface area contributed by atoms with E-state index in [1.54, 1.807) is 6.20 Å². The van der Waals surface area contributed by atoms with Crippen molar-refractivity contribution in [2.45, 2.75) is 38.8 Å². The van der Waals surface area contributed by atoms with Gasteiger partial charge in [0.2, 0.25) is 0 Å². The van der Waals surface area contributed by atoms with E-state index in [9.17, 15) is 9.59 Å². The highest BCUT2D eigenvalue weighted by atomic mass is 32.2. The first-order chi connectivity index (χ1) is 11.5. The molecule has 0 unspecified atom stereocenters. The van der Waals surface area contributed by atoms with E-state index in [2.05, 4.69) is 37.0 Å². The number of benzene rings is 1. The second-order valence-electron chi connectivity index (χ2n) is 5.74. The van der Waals surface area contributed by atoms with Crippen molar-refractivity contribution >= 4 is 23.5 Å². The summed E-state index contributed by atoms with van der Waals surface area (Å²) >= 11 is 1.34. The number of carbonyl (C=O) groups excluding carboxylic acids is 2. The molecular weight excluding hydrogens is 324 g/mol. The van der Waals surface area contributed by atoms with Crippen molar-refractivity contribution in [1.29, 1.82) is 0 Å². The number of aryl methyl sites for hydroxylation is 2. The largest absolute Gasteiger partial charge is 0.465 e. The van der Waals surface area contributed by atoms with Crippen molar-refractivity contribution in [2.24, 2.45) is 0 Å². The first-order valence-electron chi connectivity index (χ1n) is 7.85. The monoisotopic (exact) mass is 346 g/mol. The number of hydrogen-bond acceptors (Lipinski definition) is 5. The van der Waals surface area contributed by atoms with Gasteiger partial charge in [0.25, 0.3) is 0 Å². The van der Waals surface area contributed by atoms with Crippen molar-refractivity contribution in [3.05, 3.63) is 41.7 Å². The number of aromatic nitrogens is 2. The van der Waals surface area contributed by atoms with Crippen LogP contribution in [-0.4, -0.2) is 33.7 Å². The lowest BCUT2D eigenvalue weighted by atomic mass is 10.1.